The van der Waals surface area contributed by atoms with Crippen molar-refractivity contribution in [3.8, 4) is 0 Å². The van der Waals surface area contributed by atoms with Crippen molar-refractivity contribution in [2.45, 2.75) is 20.4 Å². The molecule has 0 aliphatic carbocycles. The second kappa shape index (κ2) is 4.46. The van der Waals surface area contributed by atoms with Gasteiger partial charge < -0.3 is 9.77 Å². The molecule has 0 bridgehead atoms. The maximum absolute atomic E-state index is 8.89. The van der Waals surface area contributed by atoms with Crippen molar-refractivity contribution in [1.82, 2.24) is 9.55 Å². The first kappa shape index (κ1) is 11.0. The molecule has 0 aliphatic rings. The van der Waals surface area contributed by atoms with Gasteiger partial charge in [-0.25, -0.2) is 4.98 Å². The lowest BCUT2D eigenvalue weighted by Crippen LogP contribution is -2.29. The van der Waals surface area contributed by atoms with E-state index >= 15 is 0 Å². The predicted octanol–water partition coefficient (Wildman–Crippen LogP) is 1.98. The molecule has 0 saturated heterocycles. The number of nitrogens with zero attached hydrogens (tertiary/aromatic N) is 3. The minimum absolute atomic E-state index is 0.305. The molecule has 0 fully saturated rings. The molecule has 0 radical (unpaired) electrons. The molecule has 0 atom stereocenters. The van der Waals surface area contributed by atoms with Gasteiger partial charge in [0.1, 0.15) is 0 Å². The molecular weight excluding hydrogens is 202 g/mol. The molecule has 4 nitrogen and oxygen atoms in total. The summed E-state index contributed by atoms with van der Waals surface area (Å²) < 4.78 is 1.84. The molecule has 1 rings (SSSR count). The third kappa shape index (κ3) is 2.48. The standard InChI is InChI=1S/C9H14ClN3O/c1-9(2,6-10)8(12-14)5-13-4-3-11-7-13/h3-4,7,14H,5-6H2,1-2H3/b12-8-. The van der Waals surface area contributed by atoms with Crippen LogP contribution in [-0.2, 0) is 6.54 Å². The molecule has 1 heterocycles. The van der Waals surface area contributed by atoms with Crippen molar-refractivity contribution in [2.24, 2.45) is 10.6 Å². The summed E-state index contributed by atoms with van der Waals surface area (Å²) in [6.45, 7) is 4.38. The zero-order valence-corrected chi connectivity index (χ0v) is 9.07. The average molecular weight is 216 g/mol. The summed E-state index contributed by atoms with van der Waals surface area (Å²) in [7, 11) is 0. The largest absolute Gasteiger partial charge is 0.411 e. The van der Waals surface area contributed by atoms with Crippen LogP contribution in [0.4, 0.5) is 0 Å². The van der Waals surface area contributed by atoms with E-state index in [1.165, 1.54) is 0 Å². The van der Waals surface area contributed by atoms with Crippen molar-refractivity contribution in [3.63, 3.8) is 0 Å². The van der Waals surface area contributed by atoms with Crippen LogP contribution in [0.2, 0.25) is 0 Å². The Morgan fingerprint density at radius 1 is 1.64 bits per heavy atom. The smallest absolute Gasteiger partial charge is 0.0949 e. The SMILES string of the molecule is CC(C)(CCl)/C(Cn1ccnc1)=N\O. The Balaban J connectivity index is 2.75. The van der Waals surface area contributed by atoms with E-state index < -0.39 is 0 Å². The van der Waals surface area contributed by atoms with Crippen molar-refractivity contribution in [1.29, 1.82) is 0 Å². The van der Waals surface area contributed by atoms with Crippen LogP contribution in [0.25, 0.3) is 0 Å². The highest BCUT2D eigenvalue weighted by Gasteiger charge is 2.24. The van der Waals surface area contributed by atoms with Gasteiger partial charge in [-0.1, -0.05) is 19.0 Å². The van der Waals surface area contributed by atoms with Gasteiger partial charge in [0.25, 0.3) is 0 Å². The molecule has 0 amide bonds. The summed E-state index contributed by atoms with van der Waals surface area (Å²) in [5.74, 6) is 0.418. The second-order valence-electron chi connectivity index (χ2n) is 3.80. The number of hydrogen-bond donors (Lipinski definition) is 1. The van der Waals surface area contributed by atoms with Gasteiger partial charge in [0.2, 0.25) is 0 Å². The van der Waals surface area contributed by atoms with Crippen LogP contribution >= 0.6 is 11.6 Å². The fourth-order valence-corrected chi connectivity index (χ4v) is 1.17. The number of oxime groups is 1. The summed E-state index contributed by atoms with van der Waals surface area (Å²) in [4.78, 5) is 3.91. The zero-order chi connectivity index (χ0) is 10.6. The molecule has 1 N–H and O–H groups in total. The van der Waals surface area contributed by atoms with E-state index in [-0.39, 0.29) is 5.41 Å². The van der Waals surface area contributed by atoms with Gasteiger partial charge in [-0.3, -0.25) is 0 Å². The van der Waals surface area contributed by atoms with Crippen molar-refractivity contribution in [2.75, 3.05) is 5.88 Å². The van der Waals surface area contributed by atoms with E-state index in [0.717, 1.165) is 0 Å². The monoisotopic (exact) mass is 215 g/mol. The number of alkyl halides is 1. The van der Waals surface area contributed by atoms with Gasteiger partial charge in [0.05, 0.1) is 18.6 Å². The van der Waals surface area contributed by atoms with Crippen LogP contribution in [0.3, 0.4) is 0 Å². The number of rotatable bonds is 4. The highest BCUT2D eigenvalue weighted by atomic mass is 35.5. The Bertz CT molecular complexity index is 306. The highest BCUT2D eigenvalue weighted by Crippen LogP contribution is 2.20. The minimum atomic E-state index is -0.305. The lowest BCUT2D eigenvalue weighted by atomic mass is 9.89. The topological polar surface area (TPSA) is 50.4 Å². The molecule has 5 heteroatoms. The van der Waals surface area contributed by atoms with Gasteiger partial charge in [-0.15, -0.1) is 11.6 Å². The van der Waals surface area contributed by atoms with E-state index in [2.05, 4.69) is 10.1 Å². The maximum Gasteiger partial charge on any atom is 0.0949 e. The molecule has 0 unspecified atom stereocenters. The average Bonchev–Trinajstić information content (AvgIpc) is 2.66. The molecule has 0 aromatic carbocycles. The molecule has 0 saturated carbocycles. The molecule has 0 aliphatic heterocycles. The second-order valence-corrected chi connectivity index (χ2v) is 4.07. The van der Waals surface area contributed by atoms with Gasteiger partial charge in [0, 0.05) is 23.7 Å². The summed E-state index contributed by atoms with van der Waals surface area (Å²) in [5.41, 5.74) is 0.339. The van der Waals surface area contributed by atoms with Crippen LogP contribution in [0.1, 0.15) is 13.8 Å². The lowest BCUT2D eigenvalue weighted by molar-refractivity contribution is 0.308. The van der Waals surface area contributed by atoms with Gasteiger partial charge in [0.15, 0.2) is 0 Å². The fourth-order valence-electron chi connectivity index (χ4n) is 1.01. The first-order chi connectivity index (χ1) is 6.60. The Hall–Kier alpha value is -1.03. The van der Waals surface area contributed by atoms with Crippen LogP contribution in [-0.4, -0.2) is 26.4 Å². The summed E-state index contributed by atoms with van der Waals surface area (Å²) in [6, 6.07) is 0. The third-order valence-corrected chi connectivity index (χ3v) is 2.80. The van der Waals surface area contributed by atoms with Gasteiger partial charge in [-0.05, 0) is 0 Å². The van der Waals surface area contributed by atoms with E-state index in [0.29, 0.717) is 18.1 Å². The van der Waals surface area contributed by atoms with Crippen LogP contribution in [0.15, 0.2) is 23.9 Å². The molecular formula is C9H14ClN3O. The molecule has 14 heavy (non-hydrogen) atoms. The first-order valence-electron chi connectivity index (χ1n) is 4.33. The van der Waals surface area contributed by atoms with E-state index in [1.807, 2.05) is 24.6 Å². The summed E-state index contributed by atoms with van der Waals surface area (Å²) in [5, 5.41) is 12.2. The molecule has 1 aromatic rings. The Kier molecular flexibility index (Phi) is 3.52. The Morgan fingerprint density at radius 2 is 2.36 bits per heavy atom. The Morgan fingerprint density at radius 3 is 2.79 bits per heavy atom. The molecule has 1 aromatic heterocycles. The zero-order valence-electron chi connectivity index (χ0n) is 8.31. The predicted molar refractivity (Wildman–Crippen MR) is 55.9 cm³/mol. The van der Waals surface area contributed by atoms with Gasteiger partial charge in [-0.2, -0.15) is 0 Å². The fraction of sp³-hybridized carbons (Fsp3) is 0.556. The molecule has 78 valence electrons. The van der Waals surface area contributed by atoms with Crippen LogP contribution in [0.5, 0.6) is 0 Å². The van der Waals surface area contributed by atoms with Crippen molar-refractivity contribution >= 4 is 17.3 Å². The number of aromatic nitrogens is 2. The highest BCUT2D eigenvalue weighted by molar-refractivity contribution is 6.20. The van der Waals surface area contributed by atoms with E-state index in [9.17, 15) is 0 Å². The summed E-state index contributed by atoms with van der Waals surface area (Å²) >= 11 is 5.79. The summed E-state index contributed by atoms with van der Waals surface area (Å²) in [6.07, 6.45) is 5.17. The minimum Gasteiger partial charge on any atom is -0.411 e. The van der Waals surface area contributed by atoms with Crippen molar-refractivity contribution < 1.29 is 5.21 Å². The maximum atomic E-state index is 8.89. The number of halogens is 1. The van der Waals surface area contributed by atoms with Crippen LogP contribution in [0, 0.1) is 5.41 Å². The number of hydrogen-bond acceptors (Lipinski definition) is 3. The van der Waals surface area contributed by atoms with Crippen LogP contribution < -0.4 is 0 Å². The van der Waals surface area contributed by atoms with Crippen molar-refractivity contribution in [3.05, 3.63) is 18.7 Å². The Labute approximate surface area is 88.2 Å². The quantitative estimate of drug-likeness (QED) is 0.361. The van der Waals surface area contributed by atoms with Gasteiger partial charge >= 0.3 is 0 Å². The lowest BCUT2D eigenvalue weighted by Gasteiger charge is -2.22. The molecule has 0 spiro atoms. The van der Waals surface area contributed by atoms with E-state index in [1.54, 1.807) is 12.5 Å². The number of imidazole rings is 1. The third-order valence-electron chi connectivity index (χ3n) is 2.13. The van der Waals surface area contributed by atoms with E-state index in [4.69, 9.17) is 16.8 Å². The first-order valence-corrected chi connectivity index (χ1v) is 4.86. The normalized spacial score (nSPS) is 13.2.